The normalized spacial score (nSPS) is 24.6. The van der Waals surface area contributed by atoms with E-state index in [9.17, 15) is 4.79 Å². The summed E-state index contributed by atoms with van der Waals surface area (Å²) in [5, 5.41) is 9.07. The average molecular weight is 240 g/mol. The molecule has 1 aliphatic heterocycles. The number of carboxylic acids is 1. The summed E-state index contributed by atoms with van der Waals surface area (Å²) in [5.74, 6) is -0.671. The molecule has 0 aromatic carbocycles. The smallest absolute Gasteiger partial charge is 0.317 e. The lowest BCUT2D eigenvalue weighted by Gasteiger charge is -2.39. The van der Waals surface area contributed by atoms with Crippen LogP contribution in [-0.4, -0.2) is 59.6 Å². The van der Waals surface area contributed by atoms with E-state index >= 15 is 0 Å². The molecule has 1 aliphatic carbocycles. The highest BCUT2D eigenvalue weighted by Gasteiger charge is 2.31. The number of hydrogen-bond donors (Lipinski definition) is 1. The van der Waals surface area contributed by atoms with Crippen LogP contribution >= 0.6 is 0 Å². The quantitative estimate of drug-likeness (QED) is 0.807. The number of hydrogen-bond acceptors (Lipinski definition) is 3. The van der Waals surface area contributed by atoms with Crippen LogP contribution in [0, 0.1) is 0 Å². The second-order valence-electron chi connectivity index (χ2n) is 5.54. The number of carbonyl (C=O) groups is 1. The van der Waals surface area contributed by atoms with Gasteiger partial charge in [-0.1, -0.05) is 12.8 Å². The highest BCUT2D eigenvalue weighted by Crippen LogP contribution is 2.28. The lowest BCUT2D eigenvalue weighted by Crippen LogP contribution is -2.49. The molecular weight excluding hydrogens is 216 g/mol. The van der Waals surface area contributed by atoms with Gasteiger partial charge in [-0.15, -0.1) is 0 Å². The third kappa shape index (κ3) is 3.42. The molecule has 0 radical (unpaired) electrons. The number of rotatable bonds is 4. The first-order chi connectivity index (χ1) is 8.16. The molecule has 4 nitrogen and oxygen atoms in total. The van der Waals surface area contributed by atoms with Gasteiger partial charge in [-0.3, -0.25) is 9.69 Å². The van der Waals surface area contributed by atoms with Gasteiger partial charge in [0.05, 0.1) is 6.54 Å². The first-order valence-electron chi connectivity index (χ1n) is 6.83. The summed E-state index contributed by atoms with van der Waals surface area (Å²) in [4.78, 5) is 15.6. The molecule has 1 saturated carbocycles. The number of piperidine rings is 1. The fourth-order valence-corrected chi connectivity index (χ4v) is 3.28. The molecule has 0 aromatic rings. The fraction of sp³-hybridized carbons (Fsp3) is 0.923. The summed E-state index contributed by atoms with van der Waals surface area (Å²) >= 11 is 0. The van der Waals surface area contributed by atoms with Gasteiger partial charge in [0, 0.05) is 12.1 Å². The van der Waals surface area contributed by atoms with Gasteiger partial charge in [-0.05, 0) is 45.8 Å². The molecule has 1 heterocycles. The monoisotopic (exact) mass is 240 g/mol. The fourth-order valence-electron chi connectivity index (χ4n) is 3.28. The summed E-state index contributed by atoms with van der Waals surface area (Å²) in [6.45, 7) is 2.44. The Kier molecular flexibility index (Phi) is 4.40. The van der Waals surface area contributed by atoms with Gasteiger partial charge in [0.25, 0.3) is 0 Å². The van der Waals surface area contributed by atoms with Crippen molar-refractivity contribution in [1.82, 2.24) is 9.80 Å². The van der Waals surface area contributed by atoms with E-state index in [1.54, 1.807) is 0 Å². The Morgan fingerprint density at radius 2 is 1.71 bits per heavy atom. The molecule has 98 valence electrons. The second kappa shape index (κ2) is 5.83. The van der Waals surface area contributed by atoms with Gasteiger partial charge in [-0.25, -0.2) is 0 Å². The van der Waals surface area contributed by atoms with Crippen molar-refractivity contribution in [3.63, 3.8) is 0 Å². The number of aliphatic carboxylic acids is 1. The van der Waals surface area contributed by atoms with Crippen molar-refractivity contribution in [1.29, 1.82) is 0 Å². The number of nitrogens with zero attached hydrogens (tertiary/aromatic N) is 2. The van der Waals surface area contributed by atoms with E-state index in [1.165, 1.54) is 25.7 Å². The molecule has 0 aromatic heterocycles. The molecule has 1 saturated heterocycles. The minimum atomic E-state index is -0.671. The second-order valence-corrected chi connectivity index (χ2v) is 5.54. The molecule has 0 spiro atoms. The standard InChI is InChI=1S/C13H24N2O2/c1-14-8-6-12(7-9-14)15(10-13(16)17)11-4-2-3-5-11/h11-12H,2-10H2,1H3,(H,16,17). The van der Waals surface area contributed by atoms with Crippen LogP contribution < -0.4 is 0 Å². The summed E-state index contributed by atoms with van der Waals surface area (Å²) < 4.78 is 0. The van der Waals surface area contributed by atoms with Crippen LogP contribution in [0.1, 0.15) is 38.5 Å². The van der Waals surface area contributed by atoms with Crippen LogP contribution in [0.2, 0.25) is 0 Å². The lowest BCUT2D eigenvalue weighted by atomic mass is 10.0. The van der Waals surface area contributed by atoms with Crippen molar-refractivity contribution in [3.05, 3.63) is 0 Å². The molecule has 0 amide bonds. The Balaban J connectivity index is 1.96. The summed E-state index contributed by atoms with van der Waals surface area (Å²) in [6, 6.07) is 1.02. The minimum Gasteiger partial charge on any atom is -0.480 e. The molecule has 0 unspecified atom stereocenters. The first-order valence-corrected chi connectivity index (χ1v) is 6.83. The highest BCUT2D eigenvalue weighted by molar-refractivity contribution is 5.69. The molecular formula is C13H24N2O2. The topological polar surface area (TPSA) is 43.8 Å². The largest absolute Gasteiger partial charge is 0.480 e. The summed E-state index contributed by atoms with van der Waals surface area (Å²) in [5.41, 5.74) is 0. The zero-order valence-corrected chi connectivity index (χ0v) is 10.8. The van der Waals surface area contributed by atoms with Crippen LogP contribution in [0.3, 0.4) is 0 Å². The van der Waals surface area contributed by atoms with E-state index in [0.29, 0.717) is 12.1 Å². The van der Waals surface area contributed by atoms with E-state index in [-0.39, 0.29) is 6.54 Å². The zero-order chi connectivity index (χ0) is 12.3. The van der Waals surface area contributed by atoms with Crippen LogP contribution in [0.15, 0.2) is 0 Å². The Bertz CT molecular complexity index is 256. The van der Waals surface area contributed by atoms with Crippen molar-refractivity contribution in [2.45, 2.75) is 50.6 Å². The van der Waals surface area contributed by atoms with Crippen molar-refractivity contribution in [2.24, 2.45) is 0 Å². The van der Waals surface area contributed by atoms with Gasteiger partial charge in [0.15, 0.2) is 0 Å². The number of likely N-dealkylation sites (tertiary alicyclic amines) is 1. The minimum absolute atomic E-state index is 0.235. The van der Waals surface area contributed by atoms with Crippen LogP contribution in [0.5, 0.6) is 0 Å². The van der Waals surface area contributed by atoms with E-state index < -0.39 is 5.97 Å². The summed E-state index contributed by atoms with van der Waals surface area (Å²) in [7, 11) is 2.15. The van der Waals surface area contributed by atoms with Gasteiger partial charge in [-0.2, -0.15) is 0 Å². The Morgan fingerprint density at radius 3 is 2.24 bits per heavy atom. The summed E-state index contributed by atoms with van der Waals surface area (Å²) in [6.07, 6.45) is 7.18. The van der Waals surface area contributed by atoms with Gasteiger partial charge < -0.3 is 10.0 Å². The van der Waals surface area contributed by atoms with Crippen molar-refractivity contribution >= 4 is 5.97 Å². The molecule has 4 heteroatoms. The van der Waals surface area contributed by atoms with Gasteiger partial charge in [0.1, 0.15) is 0 Å². The molecule has 2 fully saturated rings. The molecule has 2 aliphatic rings. The van der Waals surface area contributed by atoms with Crippen LogP contribution in [0.4, 0.5) is 0 Å². The molecule has 0 atom stereocenters. The average Bonchev–Trinajstić information content (AvgIpc) is 2.80. The maximum atomic E-state index is 11.0. The maximum absolute atomic E-state index is 11.0. The molecule has 17 heavy (non-hydrogen) atoms. The van der Waals surface area contributed by atoms with Crippen LogP contribution in [-0.2, 0) is 4.79 Å². The Labute approximate surface area is 104 Å². The SMILES string of the molecule is CN1CCC(N(CC(=O)O)C2CCCC2)CC1. The van der Waals surface area contributed by atoms with E-state index in [0.717, 1.165) is 25.9 Å². The van der Waals surface area contributed by atoms with Gasteiger partial charge >= 0.3 is 5.97 Å². The third-order valence-electron chi connectivity index (χ3n) is 4.27. The first kappa shape index (κ1) is 12.8. The van der Waals surface area contributed by atoms with E-state index in [1.807, 2.05) is 0 Å². The Hall–Kier alpha value is -0.610. The van der Waals surface area contributed by atoms with Gasteiger partial charge in [0.2, 0.25) is 0 Å². The highest BCUT2D eigenvalue weighted by atomic mass is 16.4. The number of carboxylic acid groups (broad SMARTS) is 1. The van der Waals surface area contributed by atoms with E-state index in [4.69, 9.17) is 5.11 Å². The molecule has 1 N–H and O–H groups in total. The van der Waals surface area contributed by atoms with Crippen molar-refractivity contribution in [2.75, 3.05) is 26.7 Å². The van der Waals surface area contributed by atoms with Crippen molar-refractivity contribution < 1.29 is 9.90 Å². The Morgan fingerprint density at radius 1 is 1.18 bits per heavy atom. The third-order valence-corrected chi connectivity index (χ3v) is 4.27. The maximum Gasteiger partial charge on any atom is 0.317 e. The predicted molar refractivity (Wildman–Crippen MR) is 67.1 cm³/mol. The predicted octanol–water partition coefficient (Wildman–Crippen LogP) is 1.41. The van der Waals surface area contributed by atoms with Crippen molar-refractivity contribution in [3.8, 4) is 0 Å². The molecule has 2 rings (SSSR count). The lowest BCUT2D eigenvalue weighted by molar-refractivity contribution is -0.140. The van der Waals surface area contributed by atoms with E-state index in [2.05, 4.69) is 16.8 Å². The zero-order valence-electron chi connectivity index (χ0n) is 10.8. The molecule has 0 bridgehead atoms. The van der Waals surface area contributed by atoms with Crippen LogP contribution in [0.25, 0.3) is 0 Å².